The van der Waals surface area contributed by atoms with Gasteiger partial charge in [-0.1, -0.05) is 88.0 Å². The molecular weight excluding hydrogens is 776 g/mol. The fourth-order valence-corrected chi connectivity index (χ4v) is 5.10. The van der Waals surface area contributed by atoms with Crippen LogP contribution in [0.3, 0.4) is 0 Å². The van der Waals surface area contributed by atoms with Crippen LogP contribution in [-0.4, -0.2) is 11.6 Å². The lowest BCUT2D eigenvalue weighted by Crippen LogP contribution is -2.33. The average molecular weight is 792 g/mol. The average Bonchev–Trinajstić information content (AvgIpc) is 2.91. The van der Waals surface area contributed by atoms with E-state index in [0.717, 1.165) is 17.9 Å². The summed E-state index contributed by atoms with van der Waals surface area (Å²) in [5, 5.41) is 0. The first-order valence-corrected chi connectivity index (χ1v) is 14.8. The van der Waals surface area contributed by atoms with Crippen molar-refractivity contribution in [2.24, 2.45) is 0 Å². The summed E-state index contributed by atoms with van der Waals surface area (Å²) in [6.07, 6.45) is 0. The Morgan fingerprint density at radius 3 is 0.800 bits per heavy atom. The lowest BCUT2D eigenvalue weighted by molar-refractivity contribution is -0.122. The molecule has 4 aromatic rings. The smallest absolute Gasteiger partial charge is 0.271 e. The van der Waals surface area contributed by atoms with Gasteiger partial charge in [-0.15, -0.1) is 0 Å². The summed E-state index contributed by atoms with van der Waals surface area (Å²) in [7, 11) is 0. The fraction of sp³-hybridized carbons (Fsp3) is 0. The number of halogens is 4. The highest BCUT2D eigenvalue weighted by Gasteiger charge is 2.42. The summed E-state index contributed by atoms with van der Waals surface area (Å²) in [5.74, 6) is -1.67. The number of hydrogen-bond acceptors (Lipinski definition) is 6. The monoisotopic (exact) mass is 788 g/mol. The summed E-state index contributed by atoms with van der Waals surface area (Å²) in [5.41, 5.74) is 0. The predicted octanol–water partition coefficient (Wildman–Crippen LogP) is 8.93. The predicted molar refractivity (Wildman–Crippen MR) is 163 cm³/mol. The first kappa shape index (κ1) is 28.4. The van der Waals surface area contributed by atoms with Crippen LogP contribution in [0.4, 0.5) is 0 Å². The van der Waals surface area contributed by atoms with Crippen molar-refractivity contribution in [1.82, 2.24) is 0 Å². The van der Waals surface area contributed by atoms with Crippen molar-refractivity contribution >= 4 is 75.3 Å². The minimum absolute atomic E-state index is 0.305. The molecule has 1 aliphatic carbocycles. The van der Waals surface area contributed by atoms with Gasteiger partial charge in [0.2, 0.25) is 23.0 Å². The van der Waals surface area contributed by atoms with Crippen LogP contribution >= 0.6 is 63.7 Å². The standard InChI is InChI=1S/C30H16Br4O6/c31-17-5-1-9-21(13-17)37-27-25(35)29(39-23-11-3-7-19(33)15-23)30(40-24-12-4-8-20(34)16-24)26(36)28(27)38-22-10-2-6-18(32)14-22/h1-16H. The maximum atomic E-state index is 14.1. The number of benzene rings is 4. The Hall–Kier alpha value is -3.18. The quantitative estimate of drug-likeness (QED) is 0.166. The molecule has 0 atom stereocenters. The molecule has 0 saturated heterocycles. The Bertz CT molecular complexity index is 1450. The van der Waals surface area contributed by atoms with Gasteiger partial charge in [-0.05, 0) is 72.8 Å². The molecule has 5 rings (SSSR count). The number of rotatable bonds is 8. The van der Waals surface area contributed by atoms with Gasteiger partial charge in [-0.25, -0.2) is 0 Å². The zero-order valence-electron chi connectivity index (χ0n) is 20.2. The highest BCUT2D eigenvalue weighted by atomic mass is 79.9. The second-order valence-electron chi connectivity index (χ2n) is 8.21. The molecule has 0 radical (unpaired) electrons. The van der Waals surface area contributed by atoms with Crippen molar-refractivity contribution in [1.29, 1.82) is 0 Å². The zero-order valence-corrected chi connectivity index (χ0v) is 26.5. The molecule has 0 fully saturated rings. The molecule has 0 spiro atoms. The molecule has 0 saturated carbocycles. The van der Waals surface area contributed by atoms with Crippen LogP contribution < -0.4 is 18.9 Å². The van der Waals surface area contributed by atoms with Gasteiger partial charge >= 0.3 is 0 Å². The van der Waals surface area contributed by atoms with Crippen LogP contribution in [0.5, 0.6) is 23.0 Å². The highest BCUT2D eigenvalue weighted by Crippen LogP contribution is 2.34. The number of carbonyl (C=O) groups is 2. The minimum atomic E-state index is -0.741. The van der Waals surface area contributed by atoms with Crippen LogP contribution in [-0.2, 0) is 9.59 Å². The number of hydrogen-bond donors (Lipinski definition) is 0. The second kappa shape index (κ2) is 12.6. The molecule has 6 nitrogen and oxygen atoms in total. The molecule has 1 aliphatic rings. The lowest BCUT2D eigenvalue weighted by Gasteiger charge is -2.23. The normalized spacial score (nSPS) is 13.4. The van der Waals surface area contributed by atoms with Crippen LogP contribution in [0, 0.1) is 0 Å². The molecule has 0 unspecified atom stereocenters. The molecule has 0 N–H and O–H groups in total. The van der Waals surface area contributed by atoms with E-state index in [1.165, 1.54) is 0 Å². The number of Topliss-reactive ketones (excluding diaryl/α,β-unsaturated/α-hetero) is 2. The minimum Gasteiger partial charge on any atom is -0.449 e. The molecule has 0 aromatic heterocycles. The van der Waals surface area contributed by atoms with Gasteiger partial charge in [-0.2, -0.15) is 0 Å². The van der Waals surface area contributed by atoms with E-state index >= 15 is 0 Å². The van der Waals surface area contributed by atoms with Crippen molar-refractivity contribution in [3.63, 3.8) is 0 Å². The molecule has 4 aromatic carbocycles. The van der Waals surface area contributed by atoms with E-state index in [4.69, 9.17) is 18.9 Å². The molecule has 0 aliphatic heterocycles. The van der Waals surface area contributed by atoms with E-state index in [2.05, 4.69) is 63.7 Å². The van der Waals surface area contributed by atoms with Crippen molar-refractivity contribution in [2.45, 2.75) is 0 Å². The van der Waals surface area contributed by atoms with Crippen molar-refractivity contribution < 1.29 is 28.5 Å². The Morgan fingerprint density at radius 2 is 0.600 bits per heavy atom. The van der Waals surface area contributed by atoms with Gasteiger partial charge in [0.1, 0.15) is 23.0 Å². The highest BCUT2D eigenvalue weighted by molar-refractivity contribution is 9.11. The van der Waals surface area contributed by atoms with Gasteiger partial charge in [-0.3, -0.25) is 9.59 Å². The molecule has 0 bridgehead atoms. The summed E-state index contributed by atoms with van der Waals surface area (Å²) in [6.45, 7) is 0. The number of ketones is 2. The van der Waals surface area contributed by atoms with Gasteiger partial charge in [0.25, 0.3) is 11.6 Å². The summed E-state index contributed by atoms with van der Waals surface area (Å²) < 4.78 is 26.9. The SMILES string of the molecule is O=C1C(Oc2cccc(Br)c2)=C(Oc2cccc(Br)c2)C(=O)C(Oc2cccc(Br)c2)=C1Oc1cccc(Br)c1. The summed E-state index contributed by atoms with van der Waals surface area (Å²) >= 11 is 13.6. The van der Waals surface area contributed by atoms with Gasteiger partial charge < -0.3 is 18.9 Å². The van der Waals surface area contributed by atoms with E-state index in [9.17, 15) is 9.59 Å². The first-order chi connectivity index (χ1) is 19.3. The number of ether oxygens (including phenoxy) is 4. The topological polar surface area (TPSA) is 71.1 Å². The Balaban J connectivity index is 1.65. The van der Waals surface area contributed by atoms with E-state index in [-0.39, 0.29) is 23.0 Å². The third-order valence-corrected chi connectivity index (χ3v) is 7.27. The van der Waals surface area contributed by atoms with Gasteiger partial charge in [0.15, 0.2) is 0 Å². The third kappa shape index (κ3) is 6.75. The zero-order chi connectivity index (χ0) is 28.2. The Morgan fingerprint density at radius 1 is 0.375 bits per heavy atom. The Labute approximate surface area is 263 Å². The summed E-state index contributed by atoms with van der Waals surface area (Å²) in [4.78, 5) is 28.1. The molecule has 0 amide bonds. The molecule has 10 heteroatoms. The lowest BCUT2D eigenvalue weighted by atomic mass is 10.0. The van der Waals surface area contributed by atoms with Crippen molar-refractivity contribution in [2.75, 3.05) is 0 Å². The molecule has 0 heterocycles. The fourth-order valence-electron chi connectivity index (χ4n) is 3.58. The molecule has 200 valence electrons. The number of carbonyl (C=O) groups excluding carboxylic acids is 2. The maximum absolute atomic E-state index is 14.1. The first-order valence-electron chi connectivity index (χ1n) is 11.6. The van der Waals surface area contributed by atoms with Crippen molar-refractivity contribution in [3.8, 4) is 23.0 Å². The molecule has 40 heavy (non-hydrogen) atoms. The van der Waals surface area contributed by atoms with E-state index in [1.54, 1.807) is 97.1 Å². The van der Waals surface area contributed by atoms with Crippen molar-refractivity contribution in [3.05, 3.63) is 138 Å². The van der Waals surface area contributed by atoms with Gasteiger partial charge in [0.05, 0.1) is 0 Å². The Kier molecular flexibility index (Phi) is 8.90. The maximum Gasteiger partial charge on any atom is 0.271 e. The van der Waals surface area contributed by atoms with Gasteiger partial charge in [0, 0.05) is 17.9 Å². The van der Waals surface area contributed by atoms with Crippen LogP contribution in [0.1, 0.15) is 0 Å². The van der Waals surface area contributed by atoms with E-state index in [1.807, 2.05) is 0 Å². The largest absolute Gasteiger partial charge is 0.449 e. The van der Waals surface area contributed by atoms with E-state index < -0.39 is 11.6 Å². The van der Waals surface area contributed by atoms with E-state index in [0.29, 0.717) is 23.0 Å². The summed E-state index contributed by atoms with van der Waals surface area (Å²) in [6, 6.07) is 27.4. The van der Waals surface area contributed by atoms with Crippen LogP contribution in [0.15, 0.2) is 138 Å². The second-order valence-corrected chi connectivity index (χ2v) is 11.9. The third-order valence-electron chi connectivity index (χ3n) is 5.30. The van der Waals surface area contributed by atoms with Crippen LogP contribution in [0.2, 0.25) is 0 Å². The van der Waals surface area contributed by atoms with Crippen LogP contribution in [0.25, 0.3) is 0 Å². The molecular formula is C30H16Br4O6.